The van der Waals surface area contributed by atoms with Crippen LogP contribution in [-0.2, 0) is 5.75 Å². The van der Waals surface area contributed by atoms with Crippen LogP contribution in [0.15, 0.2) is 47.6 Å². The Labute approximate surface area is 129 Å². The molecule has 3 rings (SSSR count). The average molecular weight is 320 g/mol. The van der Waals surface area contributed by atoms with Crippen LogP contribution in [0.5, 0.6) is 0 Å². The van der Waals surface area contributed by atoms with E-state index < -0.39 is 5.97 Å². The van der Waals surface area contributed by atoms with Crippen molar-refractivity contribution in [1.29, 1.82) is 0 Å². The fourth-order valence-electron chi connectivity index (χ4n) is 1.86. The van der Waals surface area contributed by atoms with E-state index in [0.717, 1.165) is 10.6 Å². The highest BCUT2D eigenvalue weighted by Gasteiger charge is 2.12. The monoisotopic (exact) mass is 319 g/mol. The number of hydrogen-bond acceptors (Lipinski definition) is 4. The predicted octanol–water partition coefficient (Wildman–Crippen LogP) is 3.37. The van der Waals surface area contributed by atoms with Gasteiger partial charge in [-0.25, -0.2) is 14.3 Å². The van der Waals surface area contributed by atoms with Crippen molar-refractivity contribution < 1.29 is 9.90 Å². The lowest BCUT2D eigenvalue weighted by molar-refractivity contribution is 0.0687. The van der Waals surface area contributed by atoms with Crippen molar-refractivity contribution in [2.75, 3.05) is 0 Å². The molecule has 3 aromatic rings. The number of hydrogen-bond donors (Lipinski definition) is 1. The molecule has 7 heteroatoms. The highest BCUT2D eigenvalue weighted by atomic mass is 35.5. The minimum Gasteiger partial charge on any atom is -0.476 e. The fraction of sp³-hybridized carbons (Fsp3) is 0.0714. The average Bonchev–Trinajstić information content (AvgIpc) is 2.88. The van der Waals surface area contributed by atoms with Gasteiger partial charge in [-0.1, -0.05) is 35.5 Å². The number of aromatic carboxylic acids is 1. The molecule has 0 amide bonds. The van der Waals surface area contributed by atoms with Gasteiger partial charge in [-0.15, -0.1) is 0 Å². The largest absolute Gasteiger partial charge is 0.476 e. The number of rotatable bonds is 4. The molecule has 1 N–H and O–H groups in total. The molecule has 0 aliphatic carbocycles. The number of carbonyl (C=O) groups is 1. The van der Waals surface area contributed by atoms with Gasteiger partial charge in [0.05, 0.1) is 6.20 Å². The van der Waals surface area contributed by atoms with Crippen molar-refractivity contribution in [1.82, 2.24) is 14.6 Å². The zero-order valence-electron chi connectivity index (χ0n) is 10.7. The van der Waals surface area contributed by atoms with Crippen LogP contribution >= 0.6 is 23.4 Å². The molecule has 0 unspecified atom stereocenters. The lowest BCUT2D eigenvalue weighted by Gasteiger charge is -2.03. The molecule has 106 valence electrons. The molecule has 0 atom stereocenters. The summed E-state index contributed by atoms with van der Waals surface area (Å²) in [4.78, 5) is 15.1. The number of fused-ring (bicyclic) bond motifs is 1. The predicted molar refractivity (Wildman–Crippen MR) is 81.0 cm³/mol. The summed E-state index contributed by atoms with van der Waals surface area (Å²) < 4.78 is 1.34. The van der Waals surface area contributed by atoms with Crippen LogP contribution in [0, 0.1) is 0 Å². The van der Waals surface area contributed by atoms with E-state index in [1.165, 1.54) is 22.5 Å². The maximum atomic E-state index is 11.1. The highest BCUT2D eigenvalue weighted by Crippen LogP contribution is 2.22. The van der Waals surface area contributed by atoms with Gasteiger partial charge in [-0.05, 0) is 29.8 Å². The topological polar surface area (TPSA) is 67.5 Å². The number of imidazole rings is 1. The summed E-state index contributed by atoms with van der Waals surface area (Å²) in [5.74, 6) is -0.345. The Morgan fingerprint density at radius 1 is 1.33 bits per heavy atom. The van der Waals surface area contributed by atoms with Gasteiger partial charge in [0.15, 0.2) is 11.3 Å². The summed E-state index contributed by atoms with van der Waals surface area (Å²) in [5, 5.41) is 14.8. The Balaban J connectivity index is 1.84. The second kappa shape index (κ2) is 5.75. The fourth-order valence-corrected chi connectivity index (χ4v) is 2.87. The van der Waals surface area contributed by atoms with E-state index in [1.807, 2.05) is 30.3 Å². The van der Waals surface area contributed by atoms with Crippen molar-refractivity contribution in [3.05, 3.63) is 58.9 Å². The number of halogens is 1. The zero-order chi connectivity index (χ0) is 14.8. The summed E-state index contributed by atoms with van der Waals surface area (Å²) in [7, 11) is 0. The third-order valence-corrected chi connectivity index (χ3v) is 4.06. The number of carboxylic acid groups (broad SMARTS) is 1. The molecular weight excluding hydrogens is 310 g/mol. The van der Waals surface area contributed by atoms with Crippen LogP contribution in [0.2, 0.25) is 5.02 Å². The highest BCUT2D eigenvalue weighted by molar-refractivity contribution is 7.98. The molecule has 0 fully saturated rings. The third kappa shape index (κ3) is 3.01. The van der Waals surface area contributed by atoms with Crippen LogP contribution in [0.25, 0.3) is 5.65 Å². The minimum atomic E-state index is -1.05. The minimum absolute atomic E-state index is 0.0511. The molecule has 1 aromatic carbocycles. The first-order chi connectivity index (χ1) is 10.1. The number of aromatic nitrogens is 3. The molecule has 0 spiro atoms. The van der Waals surface area contributed by atoms with Crippen LogP contribution in [0.1, 0.15) is 16.1 Å². The van der Waals surface area contributed by atoms with E-state index in [4.69, 9.17) is 16.7 Å². The van der Waals surface area contributed by atoms with E-state index in [0.29, 0.717) is 16.4 Å². The molecule has 0 bridgehead atoms. The van der Waals surface area contributed by atoms with E-state index in [2.05, 4.69) is 10.1 Å². The SMILES string of the molecule is O=C(O)c1cnc2ccc(SCc3cccc(Cl)c3)nn12. The standard InChI is InChI=1S/C14H10ClN3O2S/c15-10-3-1-2-9(6-10)8-21-13-5-4-12-16-7-11(14(19)20)18(12)17-13/h1-7H,8H2,(H,19,20). The molecule has 2 aromatic heterocycles. The number of nitrogens with zero attached hydrogens (tertiary/aromatic N) is 3. The van der Waals surface area contributed by atoms with E-state index in [9.17, 15) is 4.79 Å². The molecule has 0 radical (unpaired) electrons. The molecule has 0 aliphatic rings. The van der Waals surface area contributed by atoms with Gasteiger partial charge in [-0.2, -0.15) is 5.10 Å². The lowest BCUT2D eigenvalue weighted by atomic mass is 10.2. The summed E-state index contributed by atoms with van der Waals surface area (Å²) in [6.07, 6.45) is 1.30. The number of benzene rings is 1. The molecule has 0 saturated carbocycles. The molecule has 0 saturated heterocycles. The van der Waals surface area contributed by atoms with Crippen molar-refractivity contribution in [3.63, 3.8) is 0 Å². The Kier molecular flexibility index (Phi) is 3.81. The van der Waals surface area contributed by atoms with Gasteiger partial charge >= 0.3 is 5.97 Å². The van der Waals surface area contributed by atoms with Gasteiger partial charge in [0.25, 0.3) is 0 Å². The number of carboxylic acids is 1. The normalized spacial score (nSPS) is 10.9. The second-order valence-corrected chi connectivity index (χ2v) is 5.74. The van der Waals surface area contributed by atoms with Crippen LogP contribution in [0.3, 0.4) is 0 Å². The Hall–Kier alpha value is -2.05. The van der Waals surface area contributed by atoms with Gasteiger partial charge in [0.1, 0.15) is 5.03 Å². The van der Waals surface area contributed by atoms with E-state index in [1.54, 1.807) is 6.07 Å². The maximum Gasteiger partial charge on any atom is 0.356 e. The maximum absolute atomic E-state index is 11.1. The molecule has 0 aliphatic heterocycles. The van der Waals surface area contributed by atoms with Gasteiger partial charge in [0.2, 0.25) is 0 Å². The quantitative estimate of drug-likeness (QED) is 0.747. The molecule has 21 heavy (non-hydrogen) atoms. The van der Waals surface area contributed by atoms with Gasteiger partial charge < -0.3 is 5.11 Å². The van der Waals surface area contributed by atoms with Crippen molar-refractivity contribution >= 4 is 35.0 Å². The number of thioether (sulfide) groups is 1. The van der Waals surface area contributed by atoms with Crippen molar-refractivity contribution in [3.8, 4) is 0 Å². The van der Waals surface area contributed by atoms with Crippen molar-refractivity contribution in [2.45, 2.75) is 10.8 Å². The summed E-state index contributed by atoms with van der Waals surface area (Å²) in [5.41, 5.74) is 1.65. The summed E-state index contributed by atoms with van der Waals surface area (Å²) in [6.45, 7) is 0. The first kappa shape index (κ1) is 13.9. The Bertz CT molecular complexity index is 819. The Morgan fingerprint density at radius 3 is 2.95 bits per heavy atom. The van der Waals surface area contributed by atoms with Crippen LogP contribution in [-0.4, -0.2) is 25.7 Å². The van der Waals surface area contributed by atoms with E-state index >= 15 is 0 Å². The Morgan fingerprint density at radius 2 is 2.19 bits per heavy atom. The summed E-state index contributed by atoms with van der Waals surface area (Å²) in [6, 6.07) is 11.2. The summed E-state index contributed by atoms with van der Waals surface area (Å²) >= 11 is 7.45. The van der Waals surface area contributed by atoms with Gasteiger partial charge in [-0.3, -0.25) is 0 Å². The van der Waals surface area contributed by atoms with Gasteiger partial charge in [0, 0.05) is 10.8 Å². The van der Waals surface area contributed by atoms with Crippen LogP contribution in [0.4, 0.5) is 0 Å². The molecule has 5 nitrogen and oxygen atoms in total. The first-order valence-corrected chi connectivity index (χ1v) is 7.45. The van der Waals surface area contributed by atoms with Crippen LogP contribution < -0.4 is 0 Å². The smallest absolute Gasteiger partial charge is 0.356 e. The first-order valence-electron chi connectivity index (χ1n) is 6.09. The molecular formula is C14H10ClN3O2S. The zero-order valence-corrected chi connectivity index (χ0v) is 12.3. The lowest BCUT2D eigenvalue weighted by Crippen LogP contribution is -2.04. The molecule has 2 heterocycles. The third-order valence-electron chi connectivity index (χ3n) is 2.83. The second-order valence-electron chi connectivity index (χ2n) is 4.31. The van der Waals surface area contributed by atoms with Crippen molar-refractivity contribution in [2.24, 2.45) is 0 Å². The van der Waals surface area contributed by atoms with E-state index in [-0.39, 0.29) is 5.69 Å².